The van der Waals surface area contributed by atoms with Crippen molar-refractivity contribution < 1.29 is 13.2 Å². The highest BCUT2D eigenvalue weighted by atomic mass is 32.1. The van der Waals surface area contributed by atoms with Crippen LogP contribution in [0.4, 0.5) is 13.2 Å². The molecular weight excluding hydrogens is 365 g/mol. The first-order valence-corrected chi connectivity index (χ1v) is 9.04. The van der Waals surface area contributed by atoms with E-state index in [9.17, 15) is 13.2 Å². The molecule has 0 aliphatic carbocycles. The summed E-state index contributed by atoms with van der Waals surface area (Å²) in [6.07, 6.45) is -4.41. The van der Waals surface area contributed by atoms with E-state index >= 15 is 0 Å². The molecule has 0 aromatic carbocycles. The number of thiazole rings is 1. The van der Waals surface area contributed by atoms with Crippen LogP contribution in [0.1, 0.15) is 29.0 Å². The van der Waals surface area contributed by atoms with E-state index in [0.29, 0.717) is 23.4 Å². The molecule has 2 aromatic heterocycles. The van der Waals surface area contributed by atoms with Gasteiger partial charge in [-0.25, -0.2) is 4.98 Å². The Morgan fingerprint density at radius 2 is 2.08 bits per heavy atom. The van der Waals surface area contributed by atoms with E-state index < -0.39 is 11.9 Å². The molecule has 0 bridgehead atoms. The van der Waals surface area contributed by atoms with Crippen molar-refractivity contribution in [2.24, 2.45) is 10.9 Å². The van der Waals surface area contributed by atoms with Crippen LogP contribution in [0.3, 0.4) is 0 Å². The lowest BCUT2D eigenvalue weighted by molar-refractivity contribution is -0.140. The van der Waals surface area contributed by atoms with Crippen molar-refractivity contribution >= 4 is 17.3 Å². The van der Waals surface area contributed by atoms with Crippen LogP contribution in [0, 0.1) is 19.8 Å². The Balaban J connectivity index is 1.80. The topological polar surface area (TPSA) is 67.1 Å². The van der Waals surface area contributed by atoms with Gasteiger partial charge in [-0.15, -0.1) is 11.3 Å². The van der Waals surface area contributed by atoms with Crippen molar-refractivity contribution in [3.05, 3.63) is 33.5 Å². The number of guanidine groups is 1. The molecule has 6 nitrogen and oxygen atoms in total. The van der Waals surface area contributed by atoms with Crippen LogP contribution < -0.4 is 10.6 Å². The van der Waals surface area contributed by atoms with Crippen molar-refractivity contribution in [3.63, 3.8) is 0 Å². The largest absolute Gasteiger partial charge is 0.434 e. The van der Waals surface area contributed by atoms with Crippen molar-refractivity contribution in [3.8, 4) is 0 Å². The SMILES string of the molecule is CN=C(NCc1nc(C(F)(F)F)cs1)NCC(C)Cn1nc(C)cc1C. The second-order valence-corrected chi connectivity index (χ2v) is 7.09. The van der Waals surface area contributed by atoms with E-state index in [1.807, 2.05) is 24.6 Å². The molecule has 0 aliphatic heterocycles. The lowest BCUT2D eigenvalue weighted by Gasteiger charge is -2.16. The summed E-state index contributed by atoms with van der Waals surface area (Å²) < 4.78 is 39.7. The number of aliphatic imine (C=N–C) groups is 1. The first kappa shape index (κ1) is 20.2. The molecule has 2 rings (SSSR count). The summed E-state index contributed by atoms with van der Waals surface area (Å²) in [6.45, 7) is 7.68. The van der Waals surface area contributed by atoms with E-state index in [4.69, 9.17) is 0 Å². The van der Waals surface area contributed by atoms with Crippen LogP contribution >= 0.6 is 11.3 Å². The molecule has 0 fully saturated rings. The van der Waals surface area contributed by atoms with E-state index in [1.165, 1.54) is 0 Å². The molecule has 2 aromatic rings. The van der Waals surface area contributed by atoms with Crippen molar-refractivity contribution in [1.29, 1.82) is 0 Å². The molecule has 0 spiro atoms. The molecule has 1 atom stereocenters. The Kier molecular flexibility index (Phi) is 6.63. The lowest BCUT2D eigenvalue weighted by Crippen LogP contribution is -2.39. The molecule has 26 heavy (non-hydrogen) atoms. The van der Waals surface area contributed by atoms with E-state index in [-0.39, 0.29) is 6.54 Å². The van der Waals surface area contributed by atoms with Crippen molar-refractivity contribution in [2.75, 3.05) is 13.6 Å². The Hall–Kier alpha value is -2.10. The predicted octanol–water partition coefficient (Wildman–Crippen LogP) is 2.98. The third kappa shape index (κ3) is 5.72. The molecular formula is C16H23F3N6S. The summed E-state index contributed by atoms with van der Waals surface area (Å²) >= 11 is 0.971. The number of halogens is 3. The second kappa shape index (κ2) is 8.52. The molecule has 0 saturated carbocycles. The molecule has 0 amide bonds. The van der Waals surface area contributed by atoms with Gasteiger partial charge in [-0.05, 0) is 25.8 Å². The normalized spacial score (nSPS) is 13.7. The third-order valence-electron chi connectivity index (χ3n) is 3.68. The van der Waals surface area contributed by atoms with Gasteiger partial charge in [0.2, 0.25) is 0 Å². The highest BCUT2D eigenvalue weighted by molar-refractivity contribution is 7.09. The van der Waals surface area contributed by atoms with E-state index in [2.05, 4.69) is 32.6 Å². The average molecular weight is 388 g/mol. The van der Waals surface area contributed by atoms with Gasteiger partial charge >= 0.3 is 6.18 Å². The molecule has 1 unspecified atom stereocenters. The Labute approximate surface area is 154 Å². The lowest BCUT2D eigenvalue weighted by atomic mass is 10.2. The zero-order chi connectivity index (χ0) is 19.3. The molecule has 10 heteroatoms. The van der Waals surface area contributed by atoms with Gasteiger partial charge in [0.05, 0.1) is 12.2 Å². The zero-order valence-electron chi connectivity index (χ0n) is 15.2. The van der Waals surface area contributed by atoms with Gasteiger partial charge in [-0.2, -0.15) is 18.3 Å². The van der Waals surface area contributed by atoms with Crippen LogP contribution in [0.25, 0.3) is 0 Å². The summed E-state index contributed by atoms with van der Waals surface area (Å²) in [6, 6.07) is 2.03. The zero-order valence-corrected chi connectivity index (χ0v) is 16.0. The number of alkyl halides is 3. The van der Waals surface area contributed by atoms with Gasteiger partial charge in [0.25, 0.3) is 0 Å². The molecule has 2 heterocycles. The summed E-state index contributed by atoms with van der Waals surface area (Å²) in [5.74, 6) is 0.817. The number of hydrogen-bond acceptors (Lipinski definition) is 4. The molecule has 0 aliphatic rings. The smallest absolute Gasteiger partial charge is 0.356 e. The van der Waals surface area contributed by atoms with Crippen LogP contribution in [0.2, 0.25) is 0 Å². The number of nitrogens with zero attached hydrogens (tertiary/aromatic N) is 4. The molecule has 2 N–H and O–H groups in total. The molecule has 0 saturated heterocycles. The van der Waals surface area contributed by atoms with Gasteiger partial charge in [0, 0.05) is 31.2 Å². The Morgan fingerprint density at radius 3 is 2.62 bits per heavy atom. The number of aromatic nitrogens is 3. The van der Waals surface area contributed by atoms with Gasteiger partial charge < -0.3 is 10.6 Å². The van der Waals surface area contributed by atoms with Gasteiger partial charge in [-0.1, -0.05) is 6.92 Å². The van der Waals surface area contributed by atoms with Gasteiger partial charge in [0.1, 0.15) is 5.01 Å². The fourth-order valence-corrected chi connectivity index (χ4v) is 3.13. The van der Waals surface area contributed by atoms with Gasteiger partial charge in [0.15, 0.2) is 11.7 Å². The summed E-state index contributed by atoms with van der Waals surface area (Å²) in [5, 5.41) is 12.0. The predicted molar refractivity (Wildman–Crippen MR) is 96.2 cm³/mol. The maximum atomic E-state index is 12.6. The standard InChI is InChI=1S/C16H23F3N6S/c1-10(8-25-12(3)5-11(2)24-25)6-21-15(20-4)22-7-14-23-13(9-26-14)16(17,18)19/h5,9-10H,6-8H2,1-4H3,(H2,20,21,22). The number of nitrogens with one attached hydrogen (secondary N) is 2. The molecule has 144 valence electrons. The first-order valence-electron chi connectivity index (χ1n) is 8.16. The van der Waals surface area contributed by atoms with Gasteiger partial charge in [-0.3, -0.25) is 9.67 Å². The Morgan fingerprint density at radius 1 is 1.35 bits per heavy atom. The summed E-state index contributed by atoms with van der Waals surface area (Å²) in [7, 11) is 1.62. The Bertz CT molecular complexity index is 749. The highest BCUT2D eigenvalue weighted by Gasteiger charge is 2.33. The van der Waals surface area contributed by atoms with Crippen molar-refractivity contribution in [1.82, 2.24) is 25.4 Å². The average Bonchev–Trinajstić information content (AvgIpc) is 3.14. The maximum Gasteiger partial charge on any atom is 0.434 e. The summed E-state index contributed by atoms with van der Waals surface area (Å²) in [4.78, 5) is 7.67. The van der Waals surface area contributed by atoms with E-state index in [1.54, 1.807) is 7.05 Å². The van der Waals surface area contributed by atoms with Crippen LogP contribution in [-0.2, 0) is 19.3 Å². The van der Waals surface area contributed by atoms with E-state index in [0.717, 1.165) is 34.6 Å². The van der Waals surface area contributed by atoms with Crippen LogP contribution in [0.5, 0.6) is 0 Å². The third-order valence-corrected chi connectivity index (χ3v) is 4.53. The quantitative estimate of drug-likeness (QED) is 0.590. The minimum atomic E-state index is -4.41. The number of hydrogen-bond donors (Lipinski definition) is 2. The van der Waals surface area contributed by atoms with Crippen LogP contribution in [0.15, 0.2) is 16.4 Å². The monoisotopic (exact) mass is 388 g/mol. The van der Waals surface area contributed by atoms with Crippen LogP contribution in [-0.4, -0.2) is 34.3 Å². The number of rotatable bonds is 6. The number of aryl methyl sites for hydroxylation is 2. The fourth-order valence-electron chi connectivity index (χ4n) is 2.39. The highest BCUT2D eigenvalue weighted by Crippen LogP contribution is 2.29. The first-order chi connectivity index (χ1) is 12.2. The second-order valence-electron chi connectivity index (χ2n) is 6.15. The minimum Gasteiger partial charge on any atom is -0.356 e. The molecule has 0 radical (unpaired) electrons. The maximum absolute atomic E-state index is 12.6. The van der Waals surface area contributed by atoms with Crippen molar-refractivity contribution in [2.45, 2.75) is 40.0 Å². The fraction of sp³-hybridized carbons (Fsp3) is 0.562. The minimum absolute atomic E-state index is 0.187. The summed E-state index contributed by atoms with van der Waals surface area (Å²) in [5.41, 5.74) is 1.24.